The molecule has 0 aliphatic rings. The zero-order valence-corrected chi connectivity index (χ0v) is 72.4. The average Bonchev–Trinajstić information content (AvgIpc) is 0.763. The van der Waals surface area contributed by atoms with Crippen molar-refractivity contribution in [3.63, 3.8) is 0 Å². The van der Waals surface area contributed by atoms with Crippen LogP contribution in [0.4, 0.5) is 34.1 Å². The van der Waals surface area contributed by atoms with Crippen molar-refractivity contribution in [2.75, 3.05) is 66.0 Å². The van der Waals surface area contributed by atoms with Crippen LogP contribution >= 0.6 is 43.6 Å². The fourth-order valence-corrected chi connectivity index (χ4v) is 15.3. The number of anilines is 6. The number of carbonyl (C=O) groups excluding carboxylic acids is 4. The highest BCUT2D eigenvalue weighted by molar-refractivity contribution is 8.26. The summed E-state index contributed by atoms with van der Waals surface area (Å²) in [5.41, 5.74) is 16.4. The van der Waals surface area contributed by atoms with Crippen LogP contribution in [0.15, 0.2) is 335 Å². The number of hydrogen-bond acceptors (Lipinski definition) is 18. The van der Waals surface area contributed by atoms with Crippen molar-refractivity contribution in [1.82, 2.24) is 4.90 Å². The topological polar surface area (TPSA) is 384 Å². The van der Waals surface area contributed by atoms with Crippen LogP contribution in [-0.4, -0.2) is 109 Å². The Balaban J connectivity index is 0.000000203. The number of carbonyl (C=O) groups is 4. The number of nitrogens with one attached hydrogen (secondary N) is 4. The number of nitrogens with two attached hydrogens (primary N) is 2. The van der Waals surface area contributed by atoms with Crippen LogP contribution in [0.3, 0.4) is 0 Å². The first-order chi connectivity index (χ1) is 57.6. The van der Waals surface area contributed by atoms with Crippen LogP contribution in [0.5, 0.6) is 11.5 Å². The zero-order valence-electron chi connectivity index (χ0n) is 65.3. The second-order valence-electron chi connectivity index (χ2n) is 25.1. The minimum Gasteiger partial charge on any atom is -0.497 e. The molecule has 0 fully saturated rings. The summed E-state index contributed by atoms with van der Waals surface area (Å²) in [5.74, 6) is 0.516. The number of amides is 3. The molecule has 14 rings (SSSR count). The zero-order chi connectivity index (χ0) is 88.5. The van der Waals surface area contributed by atoms with Gasteiger partial charge >= 0.3 is 0 Å². The lowest BCUT2D eigenvalue weighted by molar-refractivity contribution is 0.101. The van der Waals surface area contributed by atoms with Crippen molar-refractivity contribution >= 4 is 192 Å². The Morgan fingerprint density at radius 1 is 0.380 bits per heavy atom. The SMILES string of the molecule is CCN(CC)CC.COc1cccc(N)c1.COc1cccc(NS(=O)(=O)c2ccc(NC(=O)c3ccccc3)c3ccccc23)c1.Nc1ccc(S(=O)(=O)O)c2ccccc12.O=C(Cl)c1ccccc1.O=C(Nc1ccc(S(=O)(=O)Cl)c2ccccc12)c1ccccc1.O=C(Nc1ccc(S(=O)(=O)O)c2ccccc12)c1ccccc1.O=S(Cl)Cl. The van der Waals surface area contributed by atoms with Gasteiger partial charge in [-0.2, -0.15) is 16.8 Å². The molecule has 0 unspecified atom stereocenters. The number of fused-ring (bicyclic) bond motifs is 4. The number of sulfonamides is 1. The van der Waals surface area contributed by atoms with Gasteiger partial charge in [0.1, 0.15) is 21.3 Å². The Labute approximate surface area is 722 Å². The third-order valence-electron chi connectivity index (χ3n) is 17.3. The molecule has 0 aromatic heterocycles. The lowest BCUT2D eigenvalue weighted by atomic mass is 10.1. The van der Waals surface area contributed by atoms with Crippen molar-refractivity contribution in [3.8, 4) is 11.5 Å². The van der Waals surface area contributed by atoms with Gasteiger partial charge in [-0.1, -0.05) is 215 Å². The van der Waals surface area contributed by atoms with E-state index < -0.39 is 53.8 Å². The van der Waals surface area contributed by atoms with Gasteiger partial charge in [-0.05, 0) is 140 Å². The Hall–Kier alpha value is -11.8. The van der Waals surface area contributed by atoms with E-state index in [1.54, 1.807) is 244 Å². The fourth-order valence-electron chi connectivity index (χ4n) is 11.5. The highest BCUT2D eigenvalue weighted by atomic mass is 36.0. The molecule has 14 aromatic carbocycles. The standard InChI is InChI=1S/C24H20N2O4S.C17H12ClNO3S.C17H13NO4S.C10H9NO3S.C7H5ClO.C7H9NO.C6H15N.Cl2OS/c1-30-19-11-7-10-18(16-19)26-31(28,29)23-15-14-22(20-12-5-6-13-21(20)23)25-24(27)17-8-3-2-4-9-17;18-23(21,22)16-11-10-15(13-8-4-5-9-14(13)16)19-17(20)12-6-2-1-3-7-12;19-17(12-6-2-1-3-7-12)18-15-10-11-16(23(20,21)22)14-9-5-4-8-13(14)15;11-9-5-6-10(15(12,13)14)8-4-2-1-3-7(8)9;8-7(9)6-4-2-1-3-5-6;1-9-7-4-2-3-6(8)5-7;1-4-7(5-2)6-3;1-4(2)3/h2-16,26H,1H3,(H,25,27);1-11H,(H,19,20);1-11H,(H,18,19)(H,20,21,22);1-6H,11H2,(H,12,13,14);1-5H;2-5H,8H2,1H3;4-6H2,1-3H3;. The van der Waals surface area contributed by atoms with Gasteiger partial charge < -0.3 is 41.8 Å². The highest BCUT2D eigenvalue weighted by Crippen LogP contribution is 2.35. The van der Waals surface area contributed by atoms with Crippen LogP contribution in [0, 0.1) is 0 Å². The van der Waals surface area contributed by atoms with Crippen LogP contribution in [0.2, 0.25) is 0 Å². The molecule has 0 heterocycles. The summed E-state index contributed by atoms with van der Waals surface area (Å²) in [6, 6.07) is 87.9. The first-order valence-electron chi connectivity index (χ1n) is 36.2. The normalized spacial score (nSPS) is 10.9. The minimum absolute atomic E-state index is 0.0208. The summed E-state index contributed by atoms with van der Waals surface area (Å²) >= 11 is 5.16. The van der Waals surface area contributed by atoms with Gasteiger partial charge in [-0.25, -0.2) is 21.0 Å². The number of rotatable bonds is 18. The lowest BCUT2D eigenvalue weighted by Gasteiger charge is -2.14. The van der Waals surface area contributed by atoms with Crippen molar-refractivity contribution in [2.24, 2.45) is 0 Å². The molecule has 630 valence electrons. The molecule has 14 aromatic rings. The van der Waals surface area contributed by atoms with Gasteiger partial charge in [0.05, 0.1) is 29.7 Å². The second-order valence-corrected chi connectivity index (χ2v) is 34.9. The van der Waals surface area contributed by atoms with Crippen LogP contribution < -0.4 is 41.6 Å². The summed E-state index contributed by atoms with van der Waals surface area (Å²) in [5, 5.41) is 12.2. The minimum atomic E-state index is -4.34. The summed E-state index contributed by atoms with van der Waals surface area (Å²) < 4.78 is 135. The van der Waals surface area contributed by atoms with E-state index in [1.807, 2.05) is 42.5 Å². The van der Waals surface area contributed by atoms with Crippen molar-refractivity contribution in [1.29, 1.82) is 0 Å². The third kappa shape index (κ3) is 29.5. The predicted molar refractivity (Wildman–Crippen MR) is 487 cm³/mol. The monoisotopic (exact) mass is 1810 g/mol. The average molecular weight is 1810 g/mol. The maximum absolute atomic E-state index is 13.1. The van der Waals surface area contributed by atoms with Gasteiger partial charge in [0, 0.05) is 138 Å². The predicted octanol–water partition coefficient (Wildman–Crippen LogP) is 19.7. The number of nitrogens with zero attached hydrogens (tertiary/aromatic N) is 1. The van der Waals surface area contributed by atoms with Gasteiger partial charge in [0.2, 0.25) is 9.23 Å². The molecule has 0 bridgehead atoms. The number of ether oxygens (including phenoxy) is 2. The lowest BCUT2D eigenvalue weighted by Crippen LogP contribution is -2.21. The Morgan fingerprint density at radius 2 is 0.678 bits per heavy atom. The first-order valence-corrected chi connectivity index (χ1v) is 46.1. The molecule has 121 heavy (non-hydrogen) atoms. The van der Waals surface area contributed by atoms with Crippen molar-refractivity contribution in [2.45, 2.75) is 40.4 Å². The van der Waals surface area contributed by atoms with E-state index in [9.17, 15) is 57.4 Å². The molecule has 0 spiro atoms. The van der Waals surface area contributed by atoms with Gasteiger partial charge in [0.25, 0.3) is 62.3 Å². The van der Waals surface area contributed by atoms with E-state index in [1.165, 1.54) is 63.1 Å². The van der Waals surface area contributed by atoms with E-state index in [4.69, 9.17) is 52.0 Å². The van der Waals surface area contributed by atoms with Crippen LogP contribution in [0.25, 0.3) is 43.1 Å². The number of nitrogen functional groups attached to an aromatic ring is 2. The summed E-state index contributed by atoms with van der Waals surface area (Å²) in [6.45, 7) is 10.1. The molecule has 33 heteroatoms. The van der Waals surface area contributed by atoms with Crippen molar-refractivity contribution in [3.05, 3.63) is 338 Å². The Bertz CT molecular complexity index is 6230. The van der Waals surface area contributed by atoms with E-state index in [0.29, 0.717) is 99.5 Å². The van der Waals surface area contributed by atoms with E-state index in [0.717, 1.165) is 11.4 Å². The fraction of sp³-hybridized carbons (Fsp3) is 0.0909. The van der Waals surface area contributed by atoms with Crippen LogP contribution in [0.1, 0.15) is 62.2 Å². The third-order valence-corrected chi connectivity index (χ3v) is 22.2. The Kier molecular flexibility index (Phi) is 37.2. The molecule has 0 radical (unpaired) electrons. The van der Waals surface area contributed by atoms with Gasteiger partial charge in [0.15, 0.2) is 0 Å². The summed E-state index contributed by atoms with van der Waals surface area (Å²) in [6.07, 6.45) is 0. The molecule has 10 N–H and O–H groups in total. The highest BCUT2D eigenvalue weighted by Gasteiger charge is 2.23. The van der Waals surface area contributed by atoms with Gasteiger partial charge in [-0.3, -0.25) is 33.0 Å². The molecule has 0 aliphatic carbocycles. The van der Waals surface area contributed by atoms with E-state index in [2.05, 4.69) is 67.7 Å². The first kappa shape index (κ1) is 96.3. The number of halogens is 4. The van der Waals surface area contributed by atoms with Crippen LogP contribution in [-0.2, 0) is 48.5 Å². The Morgan fingerprint density at radius 3 is 1.00 bits per heavy atom. The molecule has 24 nitrogen and oxygen atoms in total. The largest absolute Gasteiger partial charge is 0.497 e. The van der Waals surface area contributed by atoms with E-state index in [-0.39, 0.29) is 37.3 Å². The smallest absolute Gasteiger partial charge is 0.295 e. The molecular weight excluding hydrogens is 1730 g/mol. The van der Waals surface area contributed by atoms with Gasteiger partial charge in [-0.15, -0.1) is 0 Å². The quantitative estimate of drug-likeness (QED) is 0.0225. The van der Waals surface area contributed by atoms with E-state index >= 15 is 0 Å². The maximum Gasteiger partial charge on any atom is 0.295 e. The number of methoxy groups -OCH3 is 2. The molecule has 0 saturated carbocycles. The maximum atomic E-state index is 13.1. The molecule has 0 atom stereocenters. The molecule has 3 amide bonds. The molecular formula is C88H83Cl4N7O17S5. The number of benzene rings is 14. The summed E-state index contributed by atoms with van der Waals surface area (Å²) in [7, 11) is -0.317. The van der Waals surface area contributed by atoms with Crippen molar-refractivity contribution < 1.29 is 75.6 Å². The molecule has 0 saturated heterocycles. The summed E-state index contributed by atoms with van der Waals surface area (Å²) in [4.78, 5) is 49.7. The second kappa shape index (κ2) is 46.7. The molecule has 0 aliphatic heterocycles. The number of hydrogen-bond donors (Lipinski definition) is 8.